The lowest BCUT2D eigenvalue weighted by molar-refractivity contribution is -0.142. The van der Waals surface area contributed by atoms with Gasteiger partial charge in [0.2, 0.25) is 29.5 Å². The molecule has 0 saturated heterocycles. The maximum atomic E-state index is 13.5. The van der Waals surface area contributed by atoms with Crippen LogP contribution in [0, 0.1) is 0 Å². The smallest absolute Gasteiger partial charge is 0.326 e. The molecule has 0 unspecified atom stereocenters. The number of carbonyl (C=O) groups is 6. The van der Waals surface area contributed by atoms with Crippen LogP contribution < -0.4 is 61.4 Å². The van der Waals surface area contributed by atoms with Gasteiger partial charge in [0.1, 0.15) is 24.2 Å². The number of hydrogen-bond donors (Lipinski definition) is 12. The molecule has 0 heterocycles. The van der Waals surface area contributed by atoms with Crippen LogP contribution in [0.5, 0.6) is 0 Å². The number of carbonyl (C=O) groups excluding carboxylic acids is 5. The van der Waals surface area contributed by atoms with Gasteiger partial charge in [-0.05, 0) is 64.8 Å². The summed E-state index contributed by atoms with van der Waals surface area (Å²) in [6.07, 6.45) is 1.07. The van der Waals surface area contributed by atoms with E-state index in [1.54, 1.807) is 0 Å². The average Bonchev–Trinajstić information content (AvgIpc) is 2.96. The lowest BCUT2D eigenvalue weighted by atomic mass is 10.0. The summed E-state index contributed by atoms with van der Waals surface area (Å²) in [6.45, 7) is 1.96. The van der Waals surface area contributed by atoms with Crippen LogP contribution in [0.15, 0.2) is 9.98 Å². The molecule has 262 valence electrons. The summed E-state index contributed by atoms with van der Waals surface area (Å²) in [4.78, 5) is 83.0. The van der Waals surface area contributed by atoms with Crippen LogP contribution in [0.4, 0.5) is 0 Å². The number of nitrogens with one attached hydrogen (secondary N) is 4. The summed E-state index contributed by atoms with van der Waals surface area (Å²) in [5.41, 5.74) is 37.7. The quantitative estimate of drug-likeness (QED) is 0.0263. The molecule has 20 nitrogen and oxygen atoms in total. The second-order valence-corrected chi connectivity index (χ2v) is 10.6. The number of aliphatic carboxylic acids is 1. The van der Waals surface area contributed by atoms with Crippen molar-refractivity contribution in [3.05, 3.63) is 0 Å². The van der Waals surface area contributed by atoms with Crippen LogP contribution in [0.1, 0.15) is 64.7 Å². The minimum absolute atomic E-state index is 0.00381. The highest BCUT2D eigenvalue weighted by Crippen LogP contribution is 2.08. The van der Waals surface area contributed by atoms with Gasteiger partial charge in [-0.3, -0.25) is 34.0 Å². The SMILES string of the molecule is C[C@H](N)C(=O)N[C@@H](CCC(N)=O)C(=O)N[C@@H](CCCCN)C(=O)N[C@@H](CCCN=C(N)N)C(=O)N[C@@H](CCCN=C(N)N)C(=O)O. The minimum Gasteiger partial charge on any atom is -0.480 e. The summed E-state index contributed by atoms with van der Waals surface area (Å²) in [5, 5.41) is 19.6. The van der Waals surface area contributed by atoms with Gasteiger partial charge in [-0.25, -0.2) is 4.79 Å². The fraction of sp³-hybridized carbons (Fsp3) is 0.692. The number of rotatable bonds is 24. The van der Waals surface area contributed by atoms with E-state index in [1.807, 2.05) is 0 Å². The zero-order valence-corrected chi connectivity index (χ0v) is 26.2. The summed E-state index contributed by atoms with van der Waals surface area (Å²) >= 11 is 0. The number of carboxylic acid groups (broad SMARTS) is 1. The summed E-state index contributed by atoms with van der Waals surface area (Å²) in [7, 11) is 0. The van der Waals surface area contributed by atoms with Gasteiger partial charge in [-0.15, -0.1) is 0 Å². The third-order valence-corrected chi connectivity index (χ3v) is 6.44. The number of carboxylic acids is 1. The summed E-state index contributed by atoms with van der Waals surface area (Å²) in [5.74, 6) is -5.39. The van der Waals surface area contributed by atoms with Gasteiger partial charge in [0.05, 0.1) is 6.04 Å². The van der Waals surface area contributed by atoms with Crippen molar-refractivity contribution in [1.29, 1.82) is 0 Å². The Bertz CT molecular complexity index is 1080. The number of hydrogen-bond acceptors (Lipinski definition) is 10. The van der Waals surface area contributed by atoms with E-state index in [4.69, 9.17) is 40.1 Å². The molecule has 5 amide bonds. The second kappa shape index (κ2) is 22.7. The number of nitrogens with zero attached hydrogens (tertiary/aromatic N) is 2. The van der Waals surface area contributed by atoms with Crippen molar-refractivity contribution in [2.24, 2.45) is 50.1 Å². The zero-order chi connectivity index (χ0) is 35.2. The molecule has 0 aromatic rings. The molecule has 0 aromatic heterocycles. The second-order valence-electron chi connectivity index (χ2n) is 10.6. The van der Waals surface area contributed by atoms with E-state index in [-0.39, 0.29) is 70.0 Å². The predicted molar refractivity (Wildman–Crippen MR) is 170 cm³/mol. The first-order valence-corrected chi connectivity index (χ1v) is 14.9. The Balaban J connectivity index is 6.01. The Morgan fingerprint density at radius 2 is 1.00 bits per heavy atom. The van der Waals surface area contributed by atoms with Crippen LogP contribution in [-0.4, -0.2) is 102 Å². The van der Waals surface area contributed by atoms with Crippen molar-refractivity contribution in [3.8, 4) is 0 Å². The maximum Gasteiger partial charge on any atom is 0.326 e. The van der Waals surface area contributed by atoms with Crippen molar-refractivity contribution in [2.75, 3.05) is 19.6 Å². The van der Waals surface area contributed by atoms with Crippen molar-refractivity contribution in [3.63, 3.8) is 0 Å². The molecule has 5 atom stereocenters. The molecule has 0 aliphatic carbocycles. The van der Waals surface area contributed by atoms with E-state index >= 15 is 0 Å². The number of unbranched alkanes of at least 4 members (excludes halogenated alkanes) is 1. The van der Waals surface area contributed by atoms with Gasteiger partial charge in [-0.1, -0.05) is 0 Å². The number of guanidine groups is 2. The highest BCUT2D eigenvalue weighted by molar-refractivity contribution is 5.95. The normalized spacial score (nSPS) is 13.9. The van der Waals surface area contributed by atoms with Gasteiger partial charge < -0.3 is 66.5 Å². The lowest BCUT2D eigenvalue weighted by Crippen LogP contribution is -2.58. The minimum atomic E-state index is -1.32. The monoisotopic (exact) mass is 657 g/mol. The van der Waals surface area contributed by atoms with Crippen LogP contribution in [0.2, 0.25) is 0 Å². The van der Waals surface area contributed by atoms with Gasteiger partial charge in [0, 0.05) is 19.5 Å². The van der Waals surface area contributed by atoms with Gasteiger partial charge in [-0.2, -0.15) is 0 Å². The molecule has 20 heteroatoms. The van der Waals surface area contributed by atoms with Gasteiger partial charge in [0.25, 0.3) is 0 Å². The Hall–Kier alpha value is -4.72. The highest BCUT2D eigenvalue weighted by atomic mass is 16.4. The van der Waals surface area contributed by atoms with Crippen molar-refractivity contribution >= 4 is 47.4 Å². The molecule has 0 aliphatic heterocycles. The van der Waals surface area contributed by atoms with E-state index in [0.29, 0.717) is 19.4 Å². The van der Waals surface area contributed by atoms with Crippen LogP contribution in [0.25, 0.3) is 0 Å². The Morgan fingerprint density at radius 1 is 0.609 bits per heavy atom. The molecular weight excluding hydrogens is 606 g/mol. The predicted octanol–water partition coefficient (Wildman–Crippen LogP) is -5.14. The van der Waals surface area contributed by atoms with E-state index < -0.39 is 65.7 Å². The standard InChI is InChI=1S/C26H51N13O7/c1-14(28)20(41)36-17(9-10-19(29)40)23(44)37-15(6-2-3-11-27)21(42)38-16(7-4-12-34-25(30)31)22(43)39-18(24(45)46)8-5-13-35-26(32)33/h14-18H,2-13,27-28H2,1H3,(H2,29,40)(H,36,41)(H,37,44)(H,38,42)(H,39,43)(H,45,46)(H4,30,31,34)(H4,32,33,35)/t14-,15-,16-,17-,18-/m0/s1. The molecule has 19 N–H and O–H groups in total. The maximum absolute atomic E-state index is 13.5. The number of primary amides is 1. The fourth-order valence-electron chi connectivity index (χ4n) is 3.97. The lowest BCUT2D eigenvalue weighted by Gasteiger charge is -2.26. The summed E-state index contributed by atoms with van der Waals surface area (Å²) < 4.78 is 0. The molecule has 0 bridgehead atoms. The number of aliphatic imine (C=N–C) groups is 2. The molecule has 0 aliphatic rings. The first-order valence-electron chi connectivity index (χ1n) is 14.9. The van der Waals surface area contributed by atoms with Crippen LogP contribution in [-0.2, 0) is 28.8 Å². The molecule has 0 saturated carbocycles. The van der Waals surface area contributed by atoms with Crippen molar-refractivity contribution in [2.45, 2.75) is 94.9 Å². The molecular formula is C26H51N13O7. The first-order chi connectivity index (χ1) is 21.6. The third kappa shape index (κ3) is 18.8. The molecule has 46 heavy (non-hydrogen) atoms. The van der Waals surface area contributed by atoms with Crippen molar-refractivity contribution < 1.29 is 33.9 Å². The van der Waals surface area contributed by atoms with Crippen molar-refractivity contribution in [1.82, 2.24) is 21.3 Å². The molecule has 0 radical (unpaired) electrons. The number of amides is 5. The van der Waals surface area contributed by atoms with E-state index in [1.165, 1.54) is 6.92 Å². The Morgan fingerprint density at radius 3 is 1.39 bits per heavy atom. The van der Waals surface area contributed by atoms with E-state index in [0.717, 1.165) is 0 Å². The Kier molecular flexibility index (Phi) is 20.4. The largest absolute Gasteiger partial charge is 0.480 e. The van der Waals surface area contributed by atoms with Crippen LogP contribution in [0.3, 0.4) is 0 Å². The molecule has 0 rings (SSSR count). The van der Waals surface area contributed by atoms with Gasteiger partial charge >= 0.3 is 5.97 Å². The first kappa shape index (κ1) is 41.3. The average molecular weight is 658 g/mol. The van der Waals surface area contributed by atoms with Gasteiger partial charge in [0.15, 0.2) is 11.9 Å². The van der Waals surface area contributed by atoms with E-state index in [9.17, 15) is 33.9 Å². The topological polar surface area (TPSA) is 378 Å². The van der Waals surface area contributed by atoms with E-state index in [2.05, 4.69) is 31.3 Å². The molecule has 0 fully saturated rings. The van der Waals surface area contributed by atoms with Crippen LogP contribution >= 0.6 is 0 Å². The Labute approximate surface area is 267 Å². The molecule has 0 spiro atoms. The fourth-order valence-corrected chi connectivity index (χ4v) is 3.97. The highest BCUT2D eigenvalue weighted by Gasteiger charge is 2.31. The summed E-state index contributed by atoms with van der Waals surface area (Å²) in [6, 6.07) is -5.99. The number of nitrogens with two attached hydrogens (primary N) is 7. The third-order valence-electron chi connectivity index (χ3n) is 6.44. The zero-order valence-electron chi connectivity index (χ0n) is 26.2. The molecule has 0 aromatic carbocycles.